The first-order chi connectivity index (χ1) is 7.93. The summed E-state index contributed by atoms with van der Waals surface area (Å²) in [7, 11) is 1.64. The van der Waals surface area contributed by atoms with Gasteiger partial charge in [-0.25, -0.2) is 0 Å². The van der Waals surface area contributed by atoms with E-state index < -0.39 is 0 Å². The molecule has 0 heterocycles. The Hall–Kier alpha value is -1.10. The van der Waals surface area contributed by atoms with Gasteiger partial charge in [-0.1, -0.05) is 20.8 Å². The zero-order valence-electron chi connectivity index (χ0n) is 11.3. The first-order valence-electron chi connectivity index (χ1n) is 6.15. The minimum atomic E-state index is -0.209. The summed E-state index contributed by atoms with van der Waals surface area (Å²) in [5, 5.41) is 2.74. The molecular formula is C12H25N3O2. The van der Waals surface area contributed by atoms with Crippen molar-refractivity contribution < 1.29 is 9.59 Å². The van der Waals surface area contributed by atoms with Gasteiger partial charge in [0.1, 0.15) is 0 Å². The Morgan fingerprint density at radius 2 is 1.94 bits per heavy atom. The van der Waals surface area contributed by atoms with E-state index in [0.717, 1.165) is 6.42 Å². The zero-order valence-corrected chi connectivity index (χ0v) is 11.3. The van der Waals surface area contributed by atoms with Crippen molar-refractivity contribution >= 4 is 11.8 Å². The lowest BCUT2D eigenvalue weighted by atomic mass is 9.94. The second-order valence-corrected chi connectivity index (χ2v) is 4.63. The van der Waals surface area contributed by atoms with Crippen LogP contribution in [0.15, 0.2) is 0 Å². The van der Waals surface area contributed by atoms with Gasteiger partial charge in [-0.2, -0.15) is 0 Å². The number of rotatable bonds is 7. The molecule has 0 aromatic heterocycles. The van der Waals surface area contributed by atoms with Crippen LogP contribution >= 0.6 is 0 Å². The van der Waals surface area contributed by atoms with Gasteiger partial charge < -0.3 is 16.0 Å². The molecule has 3 N–H and O–H groups in total. The summed E-state index contributed by atoms with van der Waals surface area (Å²) in [6.07, 6.45) is 0.890. The maximum absolute atomic E-state index is 12.0. The van der Waals surface area contributed by atoms with E-state index >= 15 is 0 Å². The first kappa shape index (κ1) is 15.9. The van der Waals surface area contributed by atoms with E-state index in [9.17, 15) is 9.59 Å². The van der Waals surface area contributed by atoms with E-state index in [1.54, 1.807) is 7.05 Å². The minimum absolute atomic E-state index is 0.0610. The van der Waals surface area contributed by atoms with E-state index in [1.165, 1.54) is 4.90 Å². The van der Waals surface area contributed by atoms with Gasteiger partial charge in [-0.15, -0.1) is 0 Å². The van der Waals surface area contributed by atoms with Crippen LogP contribution in [0.25, 0.3) is 0 Å². The van der Waals surface area contributed by atoms with Crippen molar-refractivity contribution in [2.24, 2.45) is 17.6 Å². The molecule has 0 bridgehead atoms. The lowest BCUT2D eigenvalue weighted by molar-refractivity contribution is -0.138. The van der Waals surface area contributed by atoms with Gasteiger partial charge >= 0.3 is 0 Å². The fraction of sp³-hybridized carbons (Fsp3) is 0.833. The highest BCUT2D eigenvalue weighted by molar-refractivity contribution is 5.85. The Morgan fingerprint density at radius 1 is 1.35 bits per heavy atom. The van der Waals surface area contributed by atoms with Crippen molar-refractivity contribution in [2.45, 2.75) is 27.2 Å². The molecule has 5 nitrogen and oxygen atoms in total. The van der Waals surface area contributed by atoms with E-state index in [0.29, 0.717) is 13.1 Å². The molecule has 0 aromatic carbocycles. The molecule has 1 atom stereocenters. The van der Waals surface area contributed by atoms with Crippen LogP contribution in [0, 0.1) is 11.8 Å². The van der Waals surface area contributed by atoms with Gasteiger partial charge in [-0.05, 0) is 12.3 Å². The number of nitrogens with two attached hydrogens (primary N) is 1. The molecule has 2 amide bonds. The van der Waals surface area contributed by atoms with Crippen LogP contribution in [0.4, 0.5) is 0 Å². The maximum Gasteiger partial charge on any atom is 0.239 e. The fourth-order valence-electron chi connectivity index (χ4n) is 1.55. The van der Waals surface area contributed by atoms with Gasteiger partial charge in [0.15, 0.2) is 0 Å². The van der Waals surface area contributed by atoms with Gasteiger partial charge in [0, 0.05) is 20.1 Å². The molecule has 0 aliphatic rings. The molecular weight excluding hydrogens is 218 g/mol. The topological polar surface area (TPSA) is 75.4 Å². The number of amides is 2. The van der Waals surface area contributed by atoms with Crippen LogP contribution in [-0.2, 0) is 9.59 Å². The minimum Gasteiger partial charge on any atom is -0.355 e. The van der Waals surface area contributed by atoms with Crippen LogP contribution in [0.1, 0.15) is 27.2 Å². The quantitative estimate of drug-likeness (QED) is 0.671. The summed E-state index contributed by atoms with van der Waals surface area (Å²) >= 11 is 0. The van der Waals surface area contributed by atoms with Gasteiger partial charge in [-0.3, -0.25) is 9.59 Å². The van der Waals surface area contributed by atoms with Gasteiger partial charge in [0.05, 0.1) is 12.5 Å². The van der Waals surface area contributed by atoms with Crippen LogP contribution in [0.3, 0.4) is 0 Å². The summed E-state index contributed by atoms with van der Waals surface area (Å²) in [6.45, 7) is 6.96. The number of carbonyl (C=O) groups is 2. The van der Waals surface area contributed by atoms with Crippen molar-refractivity contribution in [3.05, 3.63) is 0 Å². The zero-order chi connectivity index (χ0) is 13.4. The third-order valence-electron chi connectivity index (χ3n) is 2.71. The summed E-state index contributed by atoms with van der Waals surface area (Å²) in [6, 6.07) is 0. The van der Waals surface area contributed by atoms with Crippen molar-refractivity contribution in [2.75, 3.05) is 26.7 Å². The molecule has 17 heavy (non-hydrogen) atoms. The molecule has 0 aliphatic carbocycles. The molecule has 0 spiro atoms. The molecule has 0 aliphatic heterocycles. The van der Waals surface area contributed by atoms with Crippen molar-refractivity contribution in [3.8, 4) is 0 Å². The third kappa shape index (κ3) is 5.68. The molecule has 5 heteroatoms. The third-order valence-corrected chi connectivity index (χ3v) is 2.71. The number of hydrogen-bond acceptors (Lipinski definition) is 3. The normalized spacial score (nSPS) is 12.4. The molecule has 0 rings (SSSR count). The van der Waals surface area contributed by atoms with Gasteiger partial charge in [0.25, 0.3) is 0 Å². The number of likely N-dealkylation sites (N-methyl/N-ethyl adjacent to an activating group) is 1. The molecule has 0 radical (unpaired) electrons. The average Bonchev–Trinajstić information content (AvgIpc) is 2.26. The van der Waals surface area contributed by atoms with Crippen molar-refractivity contribution in [1.82, 2.24) is 10.2 Å². The van der Waals surface area contributed by atoms with E-state index in [2.05, 4.69) is 5.32 Å². The van der Waals surface area contributed by atoms with Crippen LogP contribution in [-0.4, -0.2) is 43.4 Å². The Morgan fingerprint density at radius 3 is 2.35 bits per heavy atom. The summed E-state index contributed by atoms with van der Waals surface area (Å²) in [4.78, 5) is 24.9. The molecule has 0 saturated heterocycles. The van der Waals surface area contributed by atoms with E-state index in [-0.39, 0.29) is 30.2 Å². The highest BCUT2D eigenvalue weighted by Gasteiger charge is 2.24. The predicted molar refractivity (Wildman–Crippen MR) is 68.3 cm³/mol. The second-order valence-electron chi connectivity index (χ2n) is 4.63. The molecule has 0 aromatic rings. The predicted octanol–water partition coefficient (Wildman–Crippen LogP) is 0.202. The van der Waals surface area contributed by atoms with Crippen molar-refractivity contribution in [3.63, 3.8) is 0 Å². The van der Waals surface area contributed by atoms with E-state index in [4.69, 9.17) is 5.73 Å². The van der Waals surface area contributed by atoms with Crippen LogP contribution < -0.4 is 11.1 Å². The average molecular weight is 243 g/mol. The largest absolute Gasteiger partial charge is 0.355 e. The summed E-state index contributed by atoms with van der Waals surface area (Å²) in [5.74, 6) is -0.205. The highest BCUT2D eigenvalue weighted by Crippen LogP contribution is 2.11. The Labute approximate surface area is 104 Å². The van der Waals surface area contributed by atoms with E-state index in [1.807, 2.05) is 20.8 Å². The monoisotopic (exact) mass is 243 g/mol. The lowest BCUT2D eigenvalue weighted by Gasteiger charge is -2.24. The van der Waals surface area contributed by atoms with Crippen LogP contribution in [0.5, 0.6) is 0 Å². The molecule has 0 fully saturated rings. The molecule has 1 unspecified atom stereocenters. The number of nitrogens with zero attached hydrogens (tertiary/aromatic N) is 1. The number of carbonyl (C=O) groups excluding carboxylic acids is 2. The number of nitrogens with one attached hydrogen (secondary N) is 1. The lowest BCUT2D eigenvalue weighted by Crippen LogP contribution is -2.44. The second kappa shape index (κ2) is 8.06. The molecule has 100 valence electrons. The fourth-order valence-corrected chi connectivity index (χ4v) is 1.55. The maximum atomic E-state index is 12.0. The molecule has 0 saturated carbocycles. The summed E-state index contributed by atoms with van der Waals surface area (Å²) < 4.78 is 0. The highest BCUT2D eigenvalue weighted by atomic mass is 16.2. The Kier molecular flexibility index (Phi) is 7.54. The smallest absolute Gasteiger partial charge is 0.239 e. The van der Waals surface area contributed by atoms with Gasteiger partial charge in [0.2, 0.25) is 11.8 Å². The van der Waals surface area contributed by atoms with Crippen molar-refractivity contribution in [1.29, 1.82) is 0 Å². The number of hydrogen-bond donors (Lipinski definition) is 2. The Balaban J connectivity index is 4.25. The van der Waals surface area contributed by atoms with Crippen LogP contribution in [0.2, 0.25) is 0 Å². The first-order valence-corrected chi connectivity index (χ1v) is 6.15. The summed E-state index contributed by atoms with van der Waals surface area (Å²) in [5.41, 5.74) is 5.58. The Bertz CT molecular complexity index is 254. The standard InChI is InChI=1S/C12H25N3O2/c1-5-6-14-11(16)8-15(4)12(17)10(7-13)9(2)3/h9-10H,5-8,13H2,1-4H3,(H,14,16). The SMILES string of the molecule is CCCNC(=O)CN(C)C(=O)C(CN)C(C)C.